The van der Waals surface area contributed by atoms with E-state index in [1.54, 1.807) is 0 Å². The van der Waals surface area contributed by atoms with Crippen molar-refractivity contribution in [3.05, 3.63) is 97.7 Å². The molecule has 0 nitrogen and oxygen atoms in total. The Morgan fingerprint density at radius 2 is 0.750 bits per heavy atom. The molecular weight excluding hydrogens is 837 g/mol. The molecule has 0 unspecified atom stereocenters. The standard InChI is InChI=1S/C19H17P.Au.3HI/c1-20(17-11-5-2-6-12-17,18-13-7-3-8-14-18)19-15-9-4-10-16-19;;;;/h2-16H,1H2;;3*1H/q;+3;;;/p-3. The van der Waals surface area contributed by atoms with Crippen LogP contribution >= 0.6 is 64.3 Å². The summed E-state index contributed by atoms with van der Waals surface area (Å²) in [6, 6.07) is 31.9. The second kappa shape index (κ2) is 11.0. The van der Waals surface area contributed by atoms with E-state index in [1.165, 1.54) is 15.9 Å². The van der Waals surface area contributed by atoms with E-state index in [1.807, 2.05) is 0 Å². The summed E-state index contributed by atoms with van der Waals surface area (Å²) in [4.78, 5) is 0. The first-order chi connectivity index (χ1) is 11.5. The molecule has 0 amide bonds. The number of hydrogen-bond acceptors (Lipinski definition) is 0. The average molecular weight is 854 g/mol. The Balaban J connectivity index is 0.000000471. The van der Waals surface area contributed by atoms with Crippen molar-refractivity contribution in [2.24, 2.45) is 0 Å². The van der Waals surface area contributed by atoms with E-state index in [9.17, 15) is 0 Å². The van der Waals surface area contributed by atoms with Crippen LogP contribution in [0.1, 0.15) is 0 Å². The third-order valence-electron chi connectivity index (χ3n) is 3.59. The van der Waals surface area contributed by atoms with Crippen LogP contribution in [0, 0.1) is 6.66 Å². The summed E-state index contributed by atoms with van der Waals surface area (Å²) in [5.41, 5.74) is 0. The average Bonchev–Trinajstić information content (AvgIpc) is 2.63. The van der Waals surface area contributed by atoms with E-state index in [4.69, 9.17) is 6.66 Å². The first kappa shape index (κ1) is 21.3. The van der Waals surface area contributed by atoms with Gasteiger partial charge in [0.2, 0.25) is 0 Å². The molecule has 130 valence electrons. The zero-order chi connectivity index (χ0) is 17.4. The number of halogens is 3. The van der Waals surface area contributed by atoms with E-state index in [0.29, 0.717) is 0 Å². The van der Waals surface area contributed by atoms with E-state index in [2.05, 4.69) is 148 Å². The molecule has 5 heteroatoms. The van der Waals surface area contributed by atoms with Gasteiger partial charge in [0.05, 0.1) is 15.9 Å². The third-order valence-corrected chi connectivity index (χ3v) is 7.13. The molecule has 0 radical (unpaired) electrons. The van der Waals surface area contributed by atoms with Crippen LogP contribution in [-0.2, 0) is 6.99 Å². The summed E-state index contributed by atoms with van der Waals surface area (Å²) in [6.07, 6.45) is 0. The van der Waals surface area contributed by atoms with Crippen molar-refractivity contribution in [3.63, 3.8) is 0 Å². The monoisotopic (exact) mass is 854 g/mol. The molecule has 0 aromatic heterocycles. The summed E-state index contributed by atoms with van der Waals surface area (Å²) >= 11 is 7.39. The van der Waals surface area contributed by atoms with Crippen molar-refractivity contribution in [1.29, 1.82) is 0 Å². The normalized spacial score (nSPS) is 11.2. The Bertz CT molecular complexity index is 622. The van der Waals surface area contributed by atoms with Crippen LogP contribution in [0.25, 0.3) is 0 Å². The Morgan fingerprint density at radius 3 is 0.958 bits per heavy atom. The van der Waals surface area contributed by atoms with Gasteiger partial charge < -0.3 is 0 Å². The molecule has 3 aromatic rings. The summed E-state index contributed by atoms with van der Waals surface area (Å²) in [5.74, 6) is 0. The predicted octanol–water partition coefficient (Wildman–Crippen LogP) is 6.43. The van der Waals surface area contributed by atoms with E-state index >= 15 is 0 Å². The van der Waals surface area contributed by atoms with Gasteiger partial charge in [0.15, 0.2) is 0 Å². The van der Waals surface area contributed by atoms with Crippen molar-refractivity contribution in [2.45, 2.75) is 0 Å². The van der Waals surface area contributed by atoms with Gasteiger partial charge in [0.25, 0.3) is 0 Å². The number of rotatable bonds is 3. The van der Waals surface area contributed by atoms with Gasteiger partial charge in [0.1, 0.15) is 0 Å². The van der Waals surface area contributed by atoms with Gasteiger partial charge >= 0.3 is 64.1 Å². The van der Waals surface area contributed by atoms with E-state index in [-0.39, 0.29) is 6.99 Å². The van der Waals surface area contributed by atoms with Crippen LogP contribution in [-0.4, -0.2) is 0 Å². The molecule has 24 heavy (non-hydrogen) atoms. The fraction of sp³-hybridized carbons (Fsp3) is 0. The Kier molecular flexibility index (Phi) is 9.77. The molecule has 0 aliphatic heterocycles. The molecule has 0 spiro atoms. The Labute approximate surface area is 182 Å². The van der Waals surface area contributed by atoms with Crippen LogP contribution in [0.15, 0.2) is 91.0 Å². The molecule has 0 heterocycles. The van der Waals surface area contributed by atoms with Gasteiger partial charge in [-0.05, 0) is 43.7 Å². The van der Waals surface area contributed by atoms with Crippen molar-refractivity contribution in [3.8, 4) is 0 Å². The molecule has 0 N–H and O–H groups in total. The summed E-state index contributed by atoms with van der Waals surface area (Å²) in [7, 11) is -1.78. The van der Waals surface area contributed by atoms with Crippen molar-refractivity contribution in [1.82, 2.24) is 0 Å². The van der Waals surface area contributed by atoms with Crippen molar-refractivity contribution < 1.29 is 6.99 Å². The molecule has 0 fully saturated rings. The maximum absolute atomic E-state index is 4.69. The summed E-state index contributed by atoms with van der Waals surface area (Å²) in [5, 5.41) is 3.95. The minimum absolute atomic E-state index is 0.294. The maximum atomic E-state index is 4.69. The molecule has 0 bridgehead atoms. The summed E-state index contributed by atoms with van der Waals surface area (Å²) < 4.78 is 0. The quantitative estimate of drug-likeness (QED) is 0.124. The van der Waals surface area contributed by atoms with Crippen LogP contribution in [0.2, 0.25) is 0 Å². The summed E-state index contributed by atoms with van der Waals surface area (Å²) in [6.45, 7) is 4.40. The topological polar surface area (TPSA) is 0 Å². The fourth-order valence-corrected chi connectivity index (χ4v) is 5.43. The van der Waals surface area contributed by atoms with Crippen LogP contribution in [0.4, 0.5) is 0 Å². The zero-order valence-corrected chi connectivity index (χ0v) is 22.3. The van der Waals surface area contributed by atoms with Crippen LogP contribution < -0.4 is 15.9 Å². The van der Waals surface area contributed by atoms with Gasteiger partial charge in [0, 0.05) is 0 Å². The molecular formula is C19H17AuI3P. The fourth-order valence-electron chi connectivity index (χ4n) is 2.49. The Hall–Kier alpha value is 1.02. The number of hydrogen-bond donors (Lipinski definition) is 0. The first-order valence-electron chi connectivity index (χ1n) is 7.06. The van der Waals surface area contributed by atoms with E-state index < -0.39 is 7.26 Å². The second-order valence-corrected chi connectivity index (χ2v) is 55.6. The molecule has 0 aliphatic rings. The molecule has 0 aliphatic carbocycles. The first-order valence-corrected chi connectivity index (χ1v) is 27.5. The van der Waals surface area contributed by atoms with Crippen LogP contribution in [0.5, 0.6) is 0 Å². The second-order valence-electron chi connectivity index (χ2n) is 4.95. The van der Waals surface area contributed by atoms with Crippen molar-refractivity contribution >= 4 is 80.2 Å². The molecule has 0 saturated heterocycles. The predicted molar refractivity (Wildman–Crippen MR) is 133 cm³/mol. The van der Waals surface area contributed by atoms with E-state index in [0.717, 1.165) is 0 Å². The van der Waals surface area contributed by atoms with Crippen molar-refractivity contribution in [2.75, 3.05) is 0 Å². The molecule has 3 rings (SSSR count). The van der Waals surface area contributed by atoms with Gasteiger partial charge in [-0.25, -0.2) is 0 Å². The Morgan fingerprint density at radius 1 is 0.542 bits per heavy atom. The van der Waals surface area contributed by atoms with Gasteiger partial charge in [-0.1, -0.05) is 54.6 Å². The third kappa shape index (κ3) is 6.03. The van der Waals surface area contributed by atoms with Gasteiger partial charge in [-0.3, -0.25) is 0 Å². The molecule has 0 saturated carbocycles. The molecule has 0 atom stereocenters. The molecule has 3 aromatic carbocycles. The van der Waals surface area contributed by atoms with Crippen LogP contribution in [0.3, 0.4) is 0 Å². The SMILES string of the molecule is [CH2-][P+](c1ccccc1)(c1ccccc1)c1ccccc1.[I][Au]([I])[I]. The zero-order valence-electron chi connectivity index (χ0n) is 12.7. The van der Waals surface area contributed by atoms with Gasteiger partial charge in [-0.15, -0.1) is 0 Å². The number of benzene rings is 3. The minimum atomic E-state index is -1.78. The van der Waals surface area contributed by atoms with Gasteiger partial charge in [-0.2, -0.15) is 6.66 Å².